The molecule has 2 heterocycles. The first kappa shape index (κ1) is 18.1. The van der Waals surface area contributed by atoms with E-state index in [1.165, 1.54) is 22.1 Å². The molecule has 0 bridgehead atoms. The number of fused-ring (bicyclic) bond motifs is 1. The van der Waals surface area contributed by atoms with Crippen molar-refractivity contribution in [1.29, 1.82) is 0 Å². The number of nitrogens with zero attached hydrogens (tertiary/aromatic N) is 2. The Labute approximate surface area is 163 Å². The Kier molecular flexibility index (Phi) is 5.54. The van der Waals surface area contributed by atoms with Crippen LogP contribution in [0.15, 0.2) is 66.0 Å². The summed E-state index contributed by atoms with van der Waals surface area (Å²) in [6, 6.07) is 19.5. The van der Waals surface area contributed by atoms with Crippen molar-refractivity contribution in [1.82, 2.24) is 4.57 Å². The fourth-order valence-corrected chi connectivity index (χ4v) is 4.66. The van der Waals surface area contributed by atoms with E-state index in [9.17, 15) is 0 Å². The molecule has 25 heavy (non-hydrogen) atoms. The highest BCUT2D eigenvalue weighted by Crippen LogP contribution is 2.35. The van der Waals surface area contributed by atoms with Gasteiger partial charge in [0.1, 0.15) is 23.7 Å². The van der Waals surface area contributed by atoms with Crippen LogP contribution in [0.25, 0.3) is 16.9 Å². The molecule has 4 rings (SSSR count). The summed E-state index contributed by atoms with van der Waals surface area (Å²) in [6.45, 7) is 2.27. The summed E-state index contributed by atoms with van der Waals surface area (Å²) in [5.74, 6) is 2.03. The minimum atomic E-state index is 0. The average molecular weight is 417 g/mol. The maximum Gasteiger partial charge on any atom is 0.324 e. The molecule has 0 fully saturated rings. The number of rotatable bonds is 4. The fourth-order valence-electron chi connectivity index (χ4n) is 3.25. The Morgan fingerprint density at radius 3 is 2.48 bits per heavy atom. The molecule has 0 saturated heterocycles. The number of ether oxygens (including phenoxy) is 1. The Morgan fingerprint density at radius 2 is 1.84 bits per heavy atom. The van der Waals surface area contributed by atoms with Gasteiger partial charge in [0.15, 0.2) is 5.69 Å². The normalized spacial score (nSPS) is 15.5. The van der Waals surface area contributed by atoms with Crippen LogP contribution in [0.4, 0.5) is 0 Å². The first-order valence-corrected chi connectivity index (χ1v) is 9.30. The molecule has 0 spiro atoms. The third kappa shape index (κ3) is 3.23. The van der Waals surface area contributed by atoms with Crippen molar-refractivity contribution in [2.24, 2.45) is 0 Å². The Morgan fingerprint density at radius 1 is 1.12 bits per heavy atom. The van der Waals surface area contributed by atoms with Crippen LogP contribution in [0.3, 0.4) is 0 Å². The number of thioether (sulfide) groups is 1. The van der Waals surface area contributed by atoms with Crippen molar-refractivity contribution in [2.75, 3.05) is 12.9 Å². The standard InChI is InChI=1S/C20H21N2OS.BrH/c1-3-16-14-24-20-21(17-7-5-4-6-8-17)13-19(22(16)20)15-9-11-18(23-2)12-10-15;/h4-13,16H,3,14H2,1-2H3;1H/q+1;/p-1. The molecular weight excluding hydrogens is 396 g/mol. The van der Waals surface area contributed by atoms with E-state index in [2.05, 4.69) is 64.7 Å². The van der Waals surface area contributed by atoms with Crippen molar-refractivity contribution >= 4 is 11.8 Å². The molecule has 1 unspecified atom stereocenters. The zero-order chi connectivity index (χ0) is 16.5. The third-order valence-corrected chi connectivity index (χ3v) is 5.79. The van der Waals surface area contributed by atoms with Gasteiger partial charge in [0, 0.05) is 11.3 Å². The van der Waals surface area contributed by atoms with Crippen LogP contribution < -0.4 is 26.3 Å². The largest absolute Gasteiger partial charge is 1.00 e. The average Bonchev–Trinajstić information content (AvgIpc) is 3.23. The predicted molar refractivity (Wildman–Crippen MR) is 98.0 cm³/mol. The third-order valence-electron chi connectivity index (χ3n) is 4.58. The molecule has 5 heteroatoms. The lowest BCUT2D eigenvalue weighted by atomic mass is 10.1. The Bertz CT molecular complexity index is 846. The van der Waals surface area contributed by atoms with Gasteiger partial charge in [-0.15, -0.1) is 0 Å². The van der Waals surface area contributed by atoms with Gasteiger partial charge >= 0.3 is 5.16 Å². The van der Waals surface area contributed by atoms with Gasteiger partial charge in [0.25, 0.3) is 0 Å². The van der Waals surface area contributed by atoms with Crippen molar-refractivity contribution < 1.29 is 26.3 Å². The van der Waals surface area contributed by atoms with E-state index in [1.807, 2.05) is 23.9 Å². The summed E-state index contributed by atoms with van der Waals surface area (Å²) < 4.78 is 10.1. The molecule has 0 radical (unpaired) electrons. The quantitative estimate of drug-likeness (QED) is 0.599. The summed E-state index contributed by atoms with van der Waals surface area (Å²) in [4.78, 5) is 0. The minimum absolute atomic E-state index is 0. The van der Waals surface area contributed by atoms with Gasteiger partial charge in [-0.1, -0.05) is 25.1 Å². The van der Waals surface area contributed by atoms with Crippen molar-refractivity contribution in [3.8, 4) is 22.7 Å². The molecule has 2 aromatic carbocycles. The molecule has 0 aliphatic carbocycles. The van der Waals surface area contributed by atoms with Crippen molar-refractivity contribution in [3.05, 3.63) is 60.8 Å². The van der Waals surface area contributed by atoms with Gasteiger partial charge < -0.3 is 21.7 Å². The Balaban J connectivity index is 0.00000182. The number of benzene rings is 2. The van der Waals surface area contributed by atoms with E-state index < -0.39 is 0 Å². The Hall–Kier alpha value is -1.72. The van der Waals surface area contributed by atoms with Crippen LogP contribution in [0.5, 0.6) is 5.75 Å². The summed E-state index contributed by atoms with van der Waals surface area (Å²) in [5, 5.41) is 1.32. The molecule has 3 nitrogen and oxygen atoms in total. The number of hydrogen-bond acceptors (Lipinski definition) is 2. The summed E-state index contributed by atoms with van der Waals surface area (Å²) in [5.41, 5.74) is 3.71. The number of hydrogen-bond donors (Lipinski definition) is 0. The maximum absolute atomic E-state index is 5.30. The van der Waals surface area contributed by atoms with E-state index in [-0.39, 0.29) is 17.0 Å². The molecule has 1 aliphatic heterocycles. The number of para-hydroxylation sites is 1. The van der Waals surface area contributed by atoms with E-state index in [0.717, 1.165) is 17.9 Å². The minimum Gasteiger partial charge on any atom is -1.00 e. The monoisotopic (exact) mass is 416 g/mol. The van der Waals surface area contributed by atoms with Crippen LogP contribution >= 0.6 is 11.8 Å². The summed E-state index contributed by atoms with van der Waals surface area (Å²) >= 11 is 1.95. The SMILES string of the molecule is CCC1CSc2n(-c3ccccc3)cc(-c3ccc(OC)cc3)[n+]21.[Br-]. The molecular formula is C20H21BrN2OS. The van der Waals surface area contributed by atoms with Crippen LogP contribution in [0.2, 0.25) is 0 Å². The smallest absolute Gasteiger partial charge is 0.324 e. The van der Waals surface area contributed by atoms with Gasteiger partial charge in [-0.3, -0.25) is 0 Å². The number of methoxy groups -OCH3 is 1. The maximum atomic E-state index is 5.30. The highest BCUT2D eigenvalue weighted by Gasteiger charge is 2.36. The lowest BCUT2D eigenvalue weighted by Crippen LogP contribution is -3.00. The molecule has 1 atom stereocenters. The molecule has 1 aromatic heterocycles. The number of aromatic nitrogens is 2. The number of imidazole rings is 1. The molecule has 0 saturated carbocycles. The van der Waals surface area contributed by atoms with Crippen LogP contribution in [-0.4, -0.2) is 17.4 Å². The zero-order valence-electron chi connectivity index (χ0n) is 14.4. The van der Waals surface area contributed by atoms with Gasteiger partial charge in [0.05, 0.1) is 7.11 Å². The van der Waals surface area contributed by atoms with Crippen molar-refractivity contribution in [3.63, 3.8) is 0 Å². The molecule has 0 amide bonds. The van der Waals surface area contributed by atoms with E-state index in [0.29, 0.717) is 6.04 Å². The summed E-state index contributed by atoms with van der Waals surface area (Å²) in [6.07, 6.45) is 3.41. The summed E-state index contributed by atoms with van der Waals surface area (Å²) in [7, 11) is 1.71. The second-order valence-electron chi connectivity index (χ2n) is 5.97. The fraction of sp³-hybridized carbons (Fsp3) is 0.250. The topological polar surface area (TPSA) is 18.0 Å². The van der Waals surface area contributed by atoms with E-state index in [4.69, 9.17) is 4.74 Å². The second kappa shape index (κ2) is 7.67. The van der Waals surface area contributed by atoms with Crippen molar-refractivity contribution in [2.45, 2.75) is 24.5 Å². The number of halogens is 1. The van der Waals surface area contributed by atoms with Gasteiger partial charge in [-0.25, -0.2) is 4.57 Å². The lowest BCUT2D eigenvalue weighted by Gasteiger charge is -2.07. The van der Waals surface area contributed by atoms with Gasteiger partial charge in [-0.2, -0.15) is 4.57 Å². The molecule has 130 valence electrons. The van der Waals surface area contributed by atoms with Gasteiger partial charge in [-0.05, 0) is 54.6 Å². The highest BCUT2D eigenvalue weighted by atomic mass is 79.9. The van der Waals surface area contributed by atoms with Crippen LogP contribution in [-0.2, 0) is 0 Å². The van der Waals surface area contributed by atoms with E-state index in [1.54, 1.807) is 7.11 Å². The highest BCUT2D eigenvalue weighted by molar-refractivity contribution is 7.99. The first-order valence-electron chi connectivity index (χ1n) is 8.31. The van der Waals surface area contributed by atoms with Crippen LogP contribution in [0, 0.1) is 0 Å². The van der Waals surface area contributed by atoms with Gasteiger partial charge in [0.2, 0.25) is 0 Å². The second-order valence-corrected chi connectivity index (χ2v) is 6.96. The van der Waals surface area contributed by atoms with E-state index >= 15 is 0 Å². The predicted octanol–water partition coefficient (Wildman–Crippen LogP) is 1.50. The molecule has 0 N–H and O–H groups in total. The lowest BCUT2D eigenvalue weighted by molar-refractivity contribution is -0.738. The van der Waals surface area contributed by atoms with Crippen LogP contribution in [0.1, 0.15) is 19.4 Å². The molecule has 1 aliphatic rings. The molecule has 3 aromatic rings. The first-order chi connectivity index (χ1) is 11.8. The zero-order valence-corrected chi connectivity index (χ0v) is 16.8.